The van der Waals surface area contributed by atoms with E-state index in [2.05, 4.69) is 0 Å². The van der Waals surface area contributed by atoms with Crippen LogP contribution in [0.3, 0.4) is 0 Å². The SMILES string of the molecule is COCc1cccc(C(c2ccccc2)(C(F)(F)F)C(F)(F)F)c1COC. The minimum atomic E-state index is -5.64. The smallest absolute Gasteiger partial charge is 0.380 e. The molecular weight excluding hydrogens is 374 g/mol. The first kappa shape index (κ1) is 21.2. The van der Waals surface area contributed by atoms with Crippen LogP contribution in [-0.4, -0.2) is 26.6 Å². The standard InChI is InChI=1S/C19H18F6O2/c1-26-11-13-7-6-10-16(15(13)12-27-2)17(18(20,21)22,19(23,24)25)14-8-4-3-5-9-14/h3-10H,11-12H2,1-2H3. The number of hydrogen-bond donors (Lipinski definition) is 0. The van der Waals surface area contributed by atoms with Gasteiger partial charge in [-0.15, -0.1) is 0 Å². The average molecular weight is 392 g/mol. The van der Waals surface area contributed by atoms with Gasteiger partial charge in [0, 0.05) is 14.2 Å². The highest BCUT2D eigenvalue weighted by Gasteiger charge is 2.73. The van der Waals surface area contributed by atoms with Gasteiger partial charge in [-0.05, 0) is 22.3 Å². The van der Waals surface area contributed by atoms with Crippen molar-refractivity contribution < 1.29 is 35.8 Å². The third-order valence-electron chi connectivity index (χ3n) is 4.32. The van der Waals surface area contributed by atoms with E-state index in [0.717, 1.165) is 36.4 Å². The van der Waals surface area contributed by atoms with Crippen LogP contribution in [0.15, 0.2) is 48.5 Å². The number of alkyl halides is 6. The summed E-state index contributed by atoms with van der Waals surface area (Å²) in [5, 5.41) is 0. The highest BCUT2D eigenvalue weighted by Crippen LogP contribution is 2.57. The lowest BCUT2D eigenvalue weighted by Gasteiger charge is -2.39. The summed E-state index contributed by atoms with van der Waals surface area (Å²) in [5.74, 6) is 0. The number of hydrogen-bond acceptors (Lipinski definition) is 2. The number of rotatable bonds is 6. The second-order valence-corrected chi connectivity index (χ2v) is 5.92. The molecule has 0 amide bonds. The van der Waals surface area contributed by atoms with Gasteiger partial charge in [0.25, 0.3) is 0 Å². The van der Waals surface area contributed by atoms with Crippen LogP contribution in [0.2, 0.25) is 0 Å². The Morgan fingerprint density at radius 1 is 0.704 bits per heavy atom. The Bertz CT molecular complexity index is 739. The number of ether oxygens (including phenoxy) is 2. The highest BCUT2D eigenvalue weighted by atomic mass is 19.4. The average Bonchev–Trinajstić information content (AvgIpc) is 2.57. The second kappa shape index (κ2) is 7.90. The molecule has 0 aromatic heterocycles. The van der Waals surface area contributed by atoms with Crippen LogP contribution >= 0.6 is 0 Å². The minimum absolute atomic E-state index is 0.146. The van der Waals surface area contributed by atoms with Crippen LogP contribution in [0.5, 0.6) is 0 Å². The van der Waals surface area contributed by atoms with E-state index in [9.17, 15) is 26.3 Å². The van der Waals surface area contributed by atoms with Crippen molar-refractivity contribution >= 4 is 0 Å². The maximum atomic E-state index is 14.2. The summed E-state index contributed by atoms with van der Waals surface area (Å²) in [5.41, 5.74) is -6.01. The molecule has 0 saturated heterocycles. The molecule has 0 spiro atoms. The molecule has 0 unspecified atom stereocenters. The molecule has 2 aromatic carbocycles. The molecule has 27 heavy (non-hydrogen) atoms. The van der Waals surface area contributed by atoms with Gasteiger partial charge in [-0.3, -0.25) is 0 Å². The highest BCUT2D eigenvalue weighted by molar-refractivity contribution is 5.50. The normalized spacial score (nSPS) is 13.0. The second-order valence-electron chi connectivity index (χ2n) is 5.92. The molecule has 0 aliphatic rings. The first-order valence-electron chi connectivity index (χ1n) is 7.89. The summed E-state index contributed by atoms with van der Waals surface area (Å²) in [6.45, 7) is -0.567. The zero-order valence-electron chi connectivity index (χ0n) is 14.6. The predicted octanol–water partition coefficient (Wildman–Crippen LogP) is 5.39. The Labute approximate surface area is 152 Å². The van der Waals surface area contributed by atoms with Crippen LogP contribution < -0.4 is 0 Å². The maximum absolute atomic E-state index is 14.2. The van der Waals surface area contributed by atoms with Crippen molar-refractivity contribution in [1.29, 1.82) is 0 Å². The third-order valence-corrected chi connectivity index (χ3v) is 4.32. The summed E-state index contributed by atoms with van der Waals surface area (Å²) in [4.78, 5) is 0. The Kier molecular flexibility index (Phi) is 6.21. The van der Waals surface area contributed by atoms with E-state index in [4.69, 9.17) is 9.47 Å². The van der Waals surface area contributed by atoms with Crippen molar-refractivity contribution in [1.82, 2.24) is 0 Å². The lowest BCUT2D eigenvalue weighted by Crippen LogP contribution is -2.55. The topological polar surface area (TPSA) is 18.5 Å². The number of halogens is 6. The van der Waals surface area contributed by atoms with Crippen LogP contribution in [0.1, 0.15) is 22.3 Å². The molecule has 2 nitrogen and oxygen atoms in total. The van der Waals surface area contributed by atoms with E-state index in [1.54, 1.807) is 0 Å². The molecule has 2 rings (SSSR count). The fourth-order valence-electron chi connectivity index (χ4n) is 3.23. The van der Waals surface area contributed by atoms with Gasteiger partial charge in [0.15, 0.2) is 0 Å². The van der Waals surface area contributed by atoms with Gasteiger partial charge in [-0.1, -0.05) is 48.5 Å². The van der Waals surface area contributed by atoms with E-state index in [1.165, 1.54) is 26.4 Å². The van der Waals surface area contributed by atoms with Gasteiger partial charge in [-0.2, -0.15) is 26.3 Å². The summed E-state index contributed by atoms with van der Waals surface area (Å²) in [6, 6.07) is 8.76. The first-order chi connectivity index (χ1) is 12.6. The van der Waals surface area contributed by atoms with Gasteiger partial charge in [0.1, 0.15) is 0 Å². The fourth-order valence-corrected chi connectivity index (χ4v) is 3.23. The van der Waals surface area contributed by atoms with Crippen molar-refractivity contribution in [3.63, 3.8) is 0 Å². The molecule has 0 bridgehead atoms. The predicted molar refractivity (Wildman–Crippen MR) is 87.2 cm³/mol. The molecule has 0 saturated carbocycles. The van der Waals surface area contributed by atoms with Gasteiger partial charge >= 0.3 is 12.4 Å². The van der Waals surface area contributed by atoms with Crippen molar-refractivity contribution in [2.75, 3.05) is 14.2 Å². The minimum Gasteiger partial charge on any atom is -0.380 e. The number of methoxy groups -OCH3 is 2. The van der Waals surface area contributed by atoms with Gasteiger partial charge in [0.05, 0.1) is 13.2 Å². The molecule has 0 aliphatic heterocycles. The zero-order valence-corrected chi connectivity index (χ0v) is 14.6. The molecule has 8 heteroatoms. The quantitative estimate of drug-likeness (QED) is 0.614. The molecule has 0 atom stereocenters. The zero-order chi connectivity index (χ0) is 20.3. The molecule has 0 heterocycles. The third kappa shape index (κ3) is 3.68. The van der Waals surface area contributed by atoms with E-state index >= 15 is 0 Å². The Morgan fingerprint density at radius 2 is 1.26 bits per heavy atom. The van der Waals surface area contributed by atoms with E-state index in [1.807, 2.05) is 0 Å². The van der Waals surface area contributed by atoms with Crippen LogP contribution in [0, 0.1) is 0 Å². The van der Waals surface area contributed by atoms with Crippen LogP contribution in [0.4, 0.5) is 26.3 Å². The van der Waals surface area contributed by atoms with E-state index in [0.29, 0.717) is 0 Å². The monoisotopic (exact) mass is 392 g/mol. The number of benzene rings is 2. The summed E-state index contributed by atoms with van der Waals surface area (Å²) in [7, 11) is 2.51. The molecular formula is C19H18F6O2. The maximum Gasteiger partial charge on any atom is 0.411 e. The van der Waals surface area contributed by atoms with E-state index < -0.39 is 35.5 Å². The Balaban J connectivity index is 2.97. The van der Waals surface area contributed by atoms with Crippen molar-refractivity contribution in [3.05, 3.63) is 70.8 Å². The van der Waals surface area contributed by atoms with Crippen molar-refractivity contribution in [2.24, 2.45) is 0 Å². The lowest BCUT2D eigenvalue weighted by molar-refractivity contribution is -0.289. The Hall–Kier alpha value is -2.06. The van der Waals surface area contributed by atoms with Crippen LogP contribution in [0.25, 0.3) is 0 Å². The lowest BCUT2D eigenvalue weighted by atomic mass is 9.70. The molecule has 0 N–H and O–H groups in total. The van der Waals surface area contributed by atoms with Crippen molar-refractivity contribution in [2.45, 2.75) is 31.0 Å². The van der Waals surface area contributed by atoms with Gasteiger partial charge < -0.3 is 9.47 Å². The summed E-state index contributed by atoms with van der Waals surface area (Å²) in [6.07, 6.45) is -11.3. The van der Waals surface area contributed by atoms with Crippen LogP contribution in [-0.2, 0) is 28.1 Å². The van der Waals surface area contributed by atoms with Crippen molar-refractivity contribution in [3.8, 4) is 0 Å². The molecule has 0 fully saturated rings. The first-order valence-corrected chi connectivity index (χ1v) is 7.89. The summed E-state index contributed by atoms with van der Waals surface area (Å²) < 4.78 is 95.0. The summed E-state index contributed by atoms with van der Waals surface area (Å²) >= 11 is 0. The van der Waals surface area contributed by atoms with E-state index in [-0.39, 0.29) is 17.7 Å². The van der Waals surface area contributed by atoms with Gasteiger partial charge in [0.2, 0.25) is 5.41 Å². The molecule has 0 radical (unpaired) electrons. The largest absolute Gasteiger partial charge is 0.411 e. The van der Waals surface area contributed by atoms with Gasteiger partial charge in [-0.25, -0.2) is 0 Å². The molecule has 148 valence electrons. The molecule has 2 aromatic rings. The fraction of sp³-hybridized carbons (Fsp3) is 0.368. The molecule has 0 aliphatic carbocycles. The Morgan fingerprint density at radius 3 is 1.74 bits per heavy atom.